The molecule has 5 nitrogen and oxygen atoms in total. The highest BCUT2D eigenvalue weighted by molar-refractivity contribution is 5.97. The van der Waals surface area contributed by atoms with Crippen molar-refractivity contribution in [2.24, 2.45) is 11.3 Å². The van der Waals surface area contributed by atoms with Crippen LogP contribution in [0.5, 0.6) is 0 Å². The van der Waals surface area contributed by atoms with Crippen LogP contribution in [-0.4, -0.2) is 22.2 Å². The molecule has 1 amide bonds. The summed E-state index contributed by atoms with van der Waals surface area (Å²) in [6.07, 6.45) is 6.75. The van der Waals surface area contributed by atoms with Crippen LogP contribution >= 0.6 is 0 Å². The molecule has 1 aromatic rings. The van der Waals surface area contributed by atoms with Crippen molar-refractivity contribution < 1.29 is 4.79 Å². The molecule has 98 valence electrons. The average molecular weight is 248 g/mol. The Kier molecular flexibility index (Phi) is 2.57. The van der Waals surface area contributed by atoms with Crippen LogP contribution in [0, 0.1) is 11.3 Å². The summed E-state index contributed by atoms with van der Waals surface area (Å²) in [5, 5.41) is 7.14. The number of hydrogen-bond donors (Lipinski definition) is 2. The van der Waals surface area contributed by atoms with Gasteiger partial charge in [-0.25, -0.2) is 0 Å². The number of nitrogens with one attached hydrogen (secondary N) is 1. The molecular weight excluding hydrogens is 228 g/mol. The Morgan fingerprint density at radius 1 is 1.61 bits per heavy atom. The maximum absolute atomic E-state index is 12.2. The van der Waals surface area contributed by atoms with Crippen LogP contribution in [0.25, 0.3) is 0 Å². The van der Waals surface area contributed by atoms with Gasteiger partial charge in [-0.15, -0.1) is 0 Å². The fraction of sp³-hybridized carbons (Fsp3) is 0.692. The summed E-state index contributed by atoms with van der Waals surface area (Å²) in [6, 6.07) is 0. The third-order valence-corrected chi connectivity index (χ3v) is 4.32. The van der Waals surface area contributed by atoms with E-state index in [4.69, 9.17) is 5.73 Å². The predicted octanol–water partition coefficient (Wildman–Crippen LogP) is 1.41. The van der Waals surface area contributed by atoms with Gasteiger partial charge in [-0.05, 0) is 43.9 Å². The van der Waals surface area contributed by atoms with Gasteiger partial charge in [0.15, 0.2) is 0 Å². The maximum Gasteiger partial charge on any atom is 0.271 e. The molecule has 1 heterocycles. The van der Waals surface area contributed by atoms with E-state index in [2.05, 4.69) is 10.4 Å². The summed E-state index contributed by atoms with van der Waals surface area (Å²) in [4.78, 5) is 12.2. The molecule has 2 saturated carbocycles. The van der Waals surface area contributed by atoms with Crippen LogP contribution in [0.1, 0.15) is 43.1 Å². The number of hydrogen-bond acceptors (Lipinski definition) is 3. The van der Waals surface area contributed by atoms with Crippen LogP contribution in [0.2, 0.25) is 0 Å². The van der Waals surface area contributed by atoms with E-state index in [0.29, 0.717) is 23.3 Å². The highest BCUT2D eigenvalue weighted by atomic mass is 16.2. The minimum atomic E-state index is -0.0845. The standard InChI is InChI=1S/C13H20N4O/c1-2-17-11(10(14)7-16-17)12(18)15-8-13(5-6-13)9-3-4-9/h7,9H,2-6,8,14H2,1H3,(H,15,18). The van der Waals surface area contributed by atoms with E-state index < -0.39 is 0 Å². The van der Waals surface area contributed by atoms with Gasteiger partial charge in [0.1, 0.15) is 5.69 Å². The number of carbonyl (C=O) groups excluding carboxylic acids is 1. The second-order valence-electron chi connectivity index (χ2n) is 5.58. The molecule has 0 aromatic carbocycles. The second kappa shape index (κ2) is 4.00. The third kappa shape index (κ3) is 1.87. The first-order valence-corrected chi connectivity index (χ1v) is 6.76. The topological polar surface area (TPSA) is 72.9 Å². The van der Waals surface area contributed by atoms with Crippen molar-refractivity contribution in [1.82, 2.24) is 15.1 Å². The van der Waals surface area contributed by atoms with Crippen molar-refractivity contribution in [2.75, 3.05) is 12.3 Å². The first kappa shape index (κ1) is 11.6. The number of nitrogens with two attached hydrogens (primary N) is 1. The van der Waals surface area contributed by atoms with Crippen molar-refractivity contribution in [1.29, 1.82) is 0 Å². The molecule has 0 aliphatic heterocycles. The van der Waals surface area contributed by atoms with E-state index in [1.807, 2.05) is 6.92 Å². The van der Waals surface area contributed by atoms with Crippen molar-refractivity contribution in [2.45, 2.75) is 39.2 Å². The van der Waals surface area contributed by atoms with E-state index >= 15 is 0 Å². The summed E-state index contributed by atoms with van der Waals surface area (Å²) in [7, 11) is 0. The minimum Gasteiger partial charge on any atom is -0.396 e. The van der Waals surface area contributed by atoms with Gasteiger partial charge in [0.2, 0.25) is 0 Å². The molecule has 18 heavy (non-hydrogen) atoms. The van der Waals surface area contributed by atoms with Gasteiger partial charge in [0.05, 0.1) is 11.9 Å². The zero-order valence-electron chi connectivity index (χ0n) is 10.8. The van der Waals surface area contributed by atoms with Crippen molar-refractivity contribution in [3.63, 3.8) is 0 Å². The molecule has 5 heteroatoms. The first-order valence-electron chi connectivity index (χ1n) is 6.76. The Morgan fingerprint density at radius 2 is 2.33 bits per heavy atom. The van der Waals surface area contributed by atoms with E-state index in [0.717, 1.165) is 12.5 Å². The number of amides is 1. The lowest BCUT2D eigenvalue weighted by atomic mass is 10.0. The van der Waals surface area contributed by atoms with Crippen molar-refractivity contribution in [3.05, 3.63) is 11.9 Å². The van der Waals surface area contributed by atoms with Crippen LogP contribution in [0.3, 0.4) is 0 Å². The maximum atomic E-state index is 12.2. The quantitative estimate of drug-likeness (QED) is 0.827. The molecule has 3 rings (SSSR count). The lowest BCUT2D eigenvalue weighted by molar-refractivity contribution is 0.0933. The number of nitrogen functional groups attached to an aromatic ring is 1. The smallest absolute Gasteiger partial charge is 0.271 e. The Morgan fingerprint density at radius 3 is 2.89 bits per heavy atom. The Bertz CT molecular complexity index is 471. The minimum absolute atomic E-state index is 0.0845. The number of carbonyl (C=O) groups is 1. The fourth-order valence-electron chi connectivity index (χ4n) is 2.81. The summed E-state index contributed by atoms with van der Waals surface area (Å²) < 4.78 is 1.65. The van der Waals surface area contributed by atoms with E-state index in [1.165, 1.54) is 25.7 Å². The Labute approximate surface area is 107 Å². The fourth-order valence-corrected chi connectivity index (χ4v) is 2.81. The number of aromatic nitrogens is 2. The lowest BCUT2D eigenvalue weighted by Gasteiger charge is -2.15. The van der Waals surface area contributed by atoms with Gasteiger partial charge in [-0.1, -0.05) is 0 Å². The number of nitrogens with zero attached hydrogens (tertiary/aromatic N) is 2. The molecule has 0 spiro atoms. The summed E-state index contributed by atoms with van der Waals surface area (Å²) in [5.74, 6) is 0.769. The van der Waals surface area contributed by atoms with Crippen molar-refractivity contribution in [3.8, 4) is 0 Å². The molecule has 3 N–H and O–H groups in total. The number of aryl methyl sites for hydroxylation is 1. The summed E-state index contributed by atoms with van der Waals surface area (Å²) in [6.45, 7) is 3.41. The van der Waals surface area contributed by atoms with Gasteiger partial charge < -0.3 is 11.1 Å². The molecule has 2 fully saturated rings. The van der Waals surface area contributed by atoms with Crippen LogP contribution in [0.15, 0.2) is 6.20 Å². The number of anilines is 1. The molecule has 0 bridgehead atoms. The molecule has 0 radical (unpaired) electrons. The van der Waals surface area contributed by atoms with E-state index in [9.17, 15) is 4.79 Å². The van der Waals surface area contributed by atoms with E-state index in [-0.39, 0.29) is 5.91 Å². The van der Waals surface area contributed by atoms with Gasteiger partial charge in [0.25, 0.3) is 5.91 Å². The van der Waals surface area contributed by atoms with Gasteiger partial charge in [-0.2, -0.15) is 5.10 Å². The molecule has 2 aliphatic rings. The SMILES string of the molecule is CCn1ncc(N)c1C(=O)NCC1(C2CC2)CC1. The van der Waals surface area contributed by atoms with Crippen LogP contribution in [-0.2, 0) is 6.54 Å². The Hall–Kier alpha value is -1.52. The average Bonchev–Trinajstić information content (AvgIpc) is 3.23. The highest BCUT2D eigenvalue weighted by Crippen LogP contribution is 2.60. The van der Waals surface area contributed by atoms with Gasteiger partial charge in [0, 0.05) is 13.1 Å². The first-order chi connectivity index (χ1) is 8.66. The monoisotopic (exact) mass is 248 g/mol. The Balaban J connectivity index is 1.65. The molecule has 0 atom stereocenters. The molecular formula is C13H20N4O. The summed E-state index contributed by atoms with van der Waals surface area (Å²) >= 11 is 0. The predicted molar refractivity (Wildman–Crippen MR) is 69.0 cm³/mol. The van der Waals surface area contributed by atoms with Crippen LogP contribution < -0.4 is 11.1 Å². The summed E-state index contributed by atoms with van der Waals surface area (Å²) in [5.41, 5.74) is 7.19. The highest BCUT2D eigenvalue weighted by Gasteiger charge is 2.53. The lowest BCUT2D eigenvalue weighted by Crippen LogP contribution is -2.33. The zero-order valence-corrected chi connectivity index (χ0v) is 10.8. The number of rotatable bonds is 5. The van der Waals surface area contributed by atoms with Crippen LogP contribution in [0.4, 0.5) is 5.69 Å². The van der Waals surface area contributed by atoms with Gasteiger partial charge in [-0.3, -0.25) is 9.48 Å². The van der Waals surface area contributed by atoms with Gasteiger partial charge >= 0.3 is 0 Å². The normalized spacial score (nSPS) is 20.7. The molecule has 2 aliphatic carbocycles. The molecule has 0 saturated heterocycles. The second-order valence-corrected chi connectivity index (χ2v) is 5.58. The van der Waals surface area contributed by atoms with Crippen molar-refractivity contribution >= 4 is 11.6 Å². The molecule has 0 unspecified atom stereocenters. The zero-order chi connectivity index (χ0) is 12.8. The molecule has 1 aromatic heterocycles. The third-order valence-electron chi connectivity index (χ3n) is 4.32. The van der Waals surface area contributed by atoms with E-state index in [1.54, 1.807) is 10.9 Å². The largest absolute Gasteiger partial charge is 0.396 e.